The van der Waals surface area contributed by atoms with E-state index in [9.17, 15) is 4.79 Å². The molecule has 1 atom stereocenters. The zero-order valence-corrected chi connectivity index (χ0v) is 11.3. The third-order valence-electron chi connectivity index (χ3n) is 3.39. The maximum Gasteiger partial charge on any atom is 0.242 e. The fourth-order valence-corrected chi connectivity index (χ4v) is 2.43. The summed E-state index contributed by atoms with van der Waals surface area (Å²) in [6, 6.07) is 1.51. The topological polar surface area (TPSA) is 94.5 Å². The average molecular weight is 264 g/mol. The first kappa shape index (κ1) is 13.8. The van der Waals surface area contributed by atoms with Gasteiger partial charge >= 0.3 is 0 Å². The van der Waals surface area contributed by atoms with E-state index in [1.165, 1.54) is 0 Å². The molecular formula is C13H20N4O2. The lowest BCUT2D eigenvalue weighted by atomic mass is 10.1. The van der Waals surface area contributed by atoms with Crippen LogP contribution in [0.15, 0.2) is 6.07 Å². The molecule has 2 rings (SSSR count). The summed E-state index contributed by atoms with van der Waals surface area (Å²) < 4.78 is 5.33. The van der Waals surface area contributed by atoms with Crippen LogP contribution in [0.5, 0.6) is 0 Å². The first-order valence-electron chi connectivity index (χ1n) is 6.35. The lowest BCUT2D eigenvalue weighted by molar-refractivity contribution is -0.121. The number of carbonyl (C=O) groups is 1. The number of carbonyl (C=O) groups excluding carboxylic acids is 1. The van der Waals surface area contributed by atoms with Crippen LogP contribution >= 0.6 is 0 Å². The van der Waals surface area contributed by atoms with Crippen LogP contribution in [-0.4, -0.2) is 36.7 Å². The number of ether oxygens (including phenoxy) is 1. The van der Waals surface area contributed by atoms with Crippen molar-refractivity contribution in [2.75, 3.05) is 24.7 Å². The van der Waals surface area contributed by atoms with E-state index in [0.29, 0.717) is 26.3 Å². The fraction of sp³-hybridized carbons (Fsp3) is 0.538. The van der Waals surface area contributed by atoms with E-state index in [0.717, 1.165) is 22.6 Å². The van der Waals surface area contributed by atoms with E-state index in [-0.39, 0.29) is 0 Å². The molecule has 1 aliphatic heterocycles. The van der Waals surface area contributed by atoms with Gasteiger partial charge in [-0.25, -0.2) is 4.98 Å². The number of amides is 1. The Hall–Kier alpha value is -1.66. The predicted octanol–water partition coefficient (Wildman–Crippen LogP) is -0.152. The smallest absolute Gasteiger partial charge is 0.242 e. The SMILES string of the molecule is Cc1cc(C)c(CN)c(N2CCOCC2C(N)=O)n1. The Bertz CT molecular complexity index is 490. The molecule has 0 bridgehead atoms. The number of pyridine rings is 1. The van der Waals surface area contributed by atoms with E-state index in [2.05, 4.69) is 4.98 Å². The van der Waals surface area contributed by atoms with Gasteiger partial charge in [0.05, 0.1) is 13.2 Å². The van der Waals surface area contributed by atoms with Crippen molar-refractivity contribution in [3.8, 4) is 0 Å². The Morgan fingerprint density at radius 1 is 1.58 bits per heavy atom. The number of rotatable bonds is 3. The summed E-state index contributed by atoms with van der Waals surface area (Å²) in [7, 11) is 0. The minimum Gasteiger partial charge on any atom is -0.377 e. The number of nitrogens with zero attached hydrogens (tertiary/aromatic N) is 2. The molecule has 104 valence electrons. The molecule has 0 spiro atoms. The van der Waals surface area contributed by atoms with Gasteiger partial charge in [-0.3, -0.25) is 4.79 Å². The Morgan fingerprint density at radius 3 is 2.95 bits per heavy atom. The van der Waals surface area contributed by atoms with E-state index < -0.39 is 11.9 Å². The number of hydrogen-bond acceptors (Lipinski definition) is 5. The molecule has 4 N–H and O–H groups in total. The summed E-state index contributed by atoms with van der Waals surface area (Å²) in [4.78, 5) is 18.0. The molecule has 0 aromatic carbocycles. The highest BCUT2D eigenvalue weighted by Crippen LogP contribution is 2.25. The van der Waals surface area contributed by atoms with Gasteiger partial charge in [0.1, 0.15) is 11.9 Å². The van der Waals surface area contributed by atoms with Gasteiger partial charge in [0.2, 0.25) is 5.91 Å². The summed E-state index contributed by atoms with van der Waals surface area (Å²) in [5.74, 6) is 0.357. The Kier molecular flexibility index (Phi) is 4.01. The molecule has 6 nitrogen and oxygen atoms in total. The van der Waals surface area contributed by atoms with E-state index >= 15 is 0 Å². The van der Waals surface area contributed by atoms with Crippen LogP contribution in [0.2, 0.25) is 0 Å². The minimum absolute atomic E-state index is 0.300. The Balaban J connectivity index is 2.46. The maximum atomic E-state index is 11.5. The summed E-state index contributed by atoms with van der Waals surface area (Å²) >= 11 is 0. The van der Waals surface area contributed by atoms with Gasteiger partial charge in [-0.15, -0.1) is 0 Å². The number of aryl methyl sites for hydroxylation is 2. The second-order valence-electron chi connectivity index (χ2n) is 4.77. The van der Waals surface area contributed by atoms with Crippen molar-refractivity contribution in [2.24, 2.45) is 11.5 Å². The summed E-state index contributed by atoms with van der Waals surface area (Å²) in [6.45, 7) is 5.76. The number of hydrogen-bond donors (Lipinski definition) is 2. The van der Waals surface area contributed by atoms with Crippen molar-refractivity contribution in [1.82, 2.24) is 4.98 Å². The second kappa shape index (κ2) is 5.54. The molecule has 1 aromatic heterocycles. The van der Waals surface area contributed by atoms with Crippen LogP contribution in [0.4, 0.5) is 5.82 Å². The van der Waals surface area contributed by atoms with E-state index in [1.807, 2.05) is 24.8 Å². The van der Waals surface area contributed by atoms with Crippen molar-refractivity contribution in [1.29, 1.82) is 0 Å². The number of aromatic nitrogens is 1. The number of anilines is 1. The molecule has 0 saturated carbocycles. The van der Waals surface area contributed by atoms with Gasteiger partial charge in [0.25, 0.3) is 0 Å². The van der Waals surface area contributed by atoms with E-state index in [4.69, 9.17) is 16.2 Å². The molecule has 0 aliphatic carbocycles. The minimum atomic E-state index is -0.479. The number of morpholine rings is 1. The third-order valence-corrected chi connectivity index (χ3v) is 3.39. The quantitative estimate of drug-likeness (QED) is 0.791. The summed E-state index contributed by atoms with van der Waals surface area (Å²) in [5.41, 5.74) is 14.2. The van der Waals surface area contributed by atoms with Crippen LogP contribution in [0.25, 0.3) is 0 Å². The highest BCUT2D eigenvalue weighted by molar-refractivity contribution is 5.84. The van der Waals surface area contributed by atoms with Gasteiger partial charge in [-0.1, -0.05) is 0 Å². The van der Waals surface area contributed by atoms with Crippen molar-refractivity contribution in [3.05, 3.63) is 22.9 Å². The Labute approximate surface area is 112 Å². The normalized spacial score (nSPS) is 19.5. The molecule has 0 radical (unpaired) electrons. The predicted molar refractivity (Wildman–Crippen MR) is 72.7 cm³/mol. The van der Waals surface area contributed by atoms with Crippen molar-refractivity contribution in [3.63, 3.8) is 0 Å². The zero-order valence-electron chi connectivity index (χ0n) is 11.3. The van der Waals surface area contributed by atoms with Gasteiger partial charge < -0.3 is 21.1 Å². The fourth-order valence-electron chi connectivity index (χ4n) is 2.43. The maximum absolute atomic E-state index is 11.5. The second-order valence-corrected chi connectivity index (χ2v) is 4.77. The summed E-state index contributed by atoms with van der Waals surface area (Å²) in [6.07, 6.45) is 0. The summed E-state index contributed by atoms with van der Waals surface area (Å²) in [5, 5.41) is 0. The van der Waals surface area contributed by atoms with Gasteiger partial charge in [-0.05, 0) is 25.5 Å². The highest BCUT2D eigenvalue weighted by atomic mass is 16.5. The molecule has 6 heteroatoms. The van der Waals surface area contributed by atoms with Crippen LogP contribution in [-0.2, 0) is 16.1 Å². The lowest BCUT2D eigenvalue weighted by Gasteiger charge is -2.36. The molecule has 1 aromatic rings. The first-order chi connectivity index (χ1) is 9.04. The molecule has 1 saturated heterocycles. The number of primary amides is 1. The average Bonchev–Trinajstić information content (AvgIpc) is 2.37. The molecular weight excluding hydrogens is 244 g/mol. The molecule has 1 fully saturated rings. The van der Waals surface area contributed by atoms with Gasteiger partial charge in [0, 0.05) is 24.3 Å². The number of nitrogens with two attached hydrogens (primary N) is 2. The molecule has 1 aliphatic rings. The van der Waals surface area contributed by atoms with Gasteiger partial charge in [0.15, 0.2) is 0 Å². The van der Waals surface area contributed by atoms with Gasteiger partial charge in [-0.2, -0.15) is 0 Å². The van der Waals surface area contributed by atoms with Crippen LogP contribution in [0.3, 0.4) is 0 Å². The monoisotopic (exact) mass is 264 g/mol. The van der Waals surface area contributed by atoms with Crippen molar-refractivity contribution >= 4 is 11.7 Å². The highest BCUT2D eigenvalue weighted by Gasteiger charge is 2.30. The molecule has 1 amide bonds. The molecule has 19 heavy (non-hydrogen) atoms. The van der Waals surface area contributed by atoms with Crippen molar-refractivity contribution in [2.45, 2.75) is 26.4 Å². The Morgan fingerprint density at radius 2 is 2.32 bits per heavy atom. The van der Waals surface area contributed by atoms with Crippen LogP contribution in [0, 0.1) is 13.8 Å². The third kappa shape index (κ3) is 2.69. The van der Waals surface area contributed by atoms with Crippen molar-refractivity contribution < 1.29 is 9.53 Å². The molecule has 2 heterocycles. The standard InChI is InChI=1S/C13H20N4O2/c1-8-5-9(2)16-13(10(8)6-14)17-3-4-19-7-11(17)12(15)18/h5,11H,3-4,6-7,14H2,1-2H3,(H2,15,18). The van der Waals surface area contributed by atoms with E-state index in [1.54, 1.807) is 0 Å². The zero-order chi connectivity index (χ0) is 14.0. The largest absolute Gasteiger partial charge is 0.377 e. The lowest BCUT2D eigenvalue weighted by Crippen LogP contribution is -2.53. The van der Waals surface area contributed by atoms with Crippen LogP contribution < -0.4 is 16.4 Å². The van der Waals surface area contributed by atoms with Crippen LogP contribution in [0.1, 0.15) is 16.8 Å². The molecule has 1 unspecified atom stereocenters. The first-order valence-corrected chi connectivity index (χ1v) is 6.35.